The number of hydrogen-bond acceptors (Lipinski definition) is 2. The van der Waals surface area contributed by atoms with E-state index in [9.17, 15) is 4.79 Å². The van der Waals surface area contributed by atoms with Crippen molar-refractivity contribution in [1.29, 1.82) is 0 Å². The first-order chi connectivity index (χ1) is 10.2. The Morgan fingerprint density at radius 1 is 1.00 bits per heavy atom. The van der Waals surface area contributed by atoms with Crippen LogP contribution >= 0.6 is 0 Å². The Balaban J connectivity index is 1.43. The van der Waals surface area contributed by atoms with Crippen LogP contribution in [0.25, 0.3) is 0 Å². The third kappa shape index (κ3) is 1.74. The molecule has 1 aromatic carbocycles. The Morgan fingerprint density at radius 3 is 2.24 bits per heavy atom. The van der Waals surface area contributed by atoms with Gasteiger partial charge >= 0.3 is 0 Å². The van der Waals surface area contributed by atoms with Gasteiger partial charge in [-0.3, -0.25) is 4.79 Å². The molecule has 1 heterocycles. The number of rotatable bonds is 2. The predicted octanol–water partition coefficient (Wildman–Crippen LogP) is 3.78. The number of para-hydroxylation sites is 1. The molecule has 2 heteroatoms. The molecule has 21 heavy (non-hydrogen) atoms. The summed E-state index contributed by atoms with van der Waals surface area (Å²) in [5.74, 6) is 3.83. The van der Waals surface area contributed by atoms with Gasteiger partial charge in [-0.1, -0.05) is 18.2 Å². The summed E-state index contributed by atoms with van der Waals surface area (Å²) in [7, 11) is 0. The summed E-state index contributed by atoms with van der Waals surface area (Å²) in [6.07, 6.45) is 8.18. The van der Waals surface area contributed by atoms with Gasteiger partial charge in [0.2, 0.25) is 0 Å². The Bertz CT molecular complexity index is 543. The van der Waals surface area contributed by atoms with Crippen LogP contribution in [0.3, 0.4) is 0 Å². The Labute approximate surface area is 125 Å². The number of fused-ring (bicyclic) bond motifs is 1. The minimum Gasteiger partial charge on any atom is -0.482 e. The van der Waals surface area contributed by atoms with Crippen LogP contribution in [0.2, 0.25) is 0 Å². The lowest BCUT2D eigenvalue weighted by Crippen LogP contribution is -2.53. The van der Waals surface area contributed by atoms with Gasteiger partial charge in [0.1, 0.15) is 5.75 Å². The summed E-state index contributed by atoms with van der Waals surface area (Å²) in [5.41, 5.74) is 1.18. The Kier molecular flexibility index (Phi) is 2.40. The molecule has 4 bridgehead atoms. The van der Waals surface area contributed by atoms with E-state index < -0.39 is 0 Å². The Morgan fingerprint density at radius 2 is 1.62 bits per heavy atom. The topological polar surface area (TPSA) is 26.3 Å². The van der Waals surface area contributed by atoms with Gasteiger partial charge in [0.15, 0.2) is 11.9 Å². The number of carbonyl (C=O) groups excluding carboxylic acids is 1. The molecule has 4 saturated carbocycles. The fraction of sp³-hybridized carbons (Fsp3) is 0.632. The molecule has 1 aliphatic heterocycles. The first-order valence-corrected chi connectivity index (χ1v) is 8.51. The van der Waals surface area contributed by atoms with Crippen LogP contribution in [-0.4, -0.2) is 11.9 Å². The fourth-order valence-corrected chi connectivity index (χ4v) is 6.08. The monoisotopic (exact) mass is 282 g/mol. The number of Topliss-reactive ketones (excluding diaryl/α,β-unsaturated/α-hetero) is 1. The minimum absolute atomic E-state index is 0.0263. The maximum Gasteiger partial charge on any atom is 0.179 e. The van der Waals surface area contributed by atoms with Crippen LogP contribution in [0.15, 0.2) is 24.3 Å². The second kappa shape index (κ2) is 4.12. The molecule has 0 radical (unpaired) electrons. The molecule has 0 aromatic heterocycles. The van der Waals surface area contributed by atoms with Gasteiger partial charge in [-0.25, -0.2) is 0 Å². The van der Waals surface area contributed by atoms with Crippen molar-refractivity contribution in [3.05, 3.63) is 29.8 Å². The van der Waals surface area contributed by atoms with Gasteiger partial charge in [-0.05, 0) is 67.9 Å². The number of ketones is 1. The first-order valence-electron chi connectivity index (χ1n) is 8.51. The third-order valence-corrected chi connectivity index (χ3v) is 6.50. The SMILES string of the molecule is O=C(C1Cc2ccccc2O1)C12CC3CC(CC(C3)C1)C2. The van der Waals surface area contributed by atoms with E-state index in [1.165, 1.54) is 24.8 Å². The second-order valence-electron chi connectivity index (χ2n) is 7.98. The van der Waals surface area contributed by atoms with E-state index >= 15 is 0 Å². The number of benzene rings is 1. The number of ether oxygens (including phenoxy) is 1. The molecule has 1 atom stereocenters. The fourth-order valence-electron chi connectivity index (χ4n) is 6.08. The maximum atomic E-state index is 13.2. The number of carbonyl (C=O) groups is 1. The van der Waals surface area contributed by atoms with E-state index in [2.05, 4.69) is 6.07 Å². The van der Waals surface area contributed by atoms with Gasteiger partial charge in [0, 0.05) is 11.8 Å². The minimum atomic E-state index is -0.210. The summed E-state index contributed by atoms with van der Waals surface area (Å²) in [6.45, 7) is 0. The van der Waals surface area contributed by atoms with E-state index in [0.717, 1.165) is 49.2 Å². The zero-order chi connectivity index (χ0) is 14.0. The standard InChI is InChI=1S/C19H22O2/c20-18(17-8-15-3-1-2-4-16(15)21-17)19-9-12-5-13(10-19)7-14(6-12)11-19/h1-4,12-14,17H,5-11H2. The van der Waals surface area contributed by atoms with E-state index in [-0.39, 0.29) is 11.5 Å². The van der Waals surface area contributed by atoms with Crippen molar-refractivity contribution >= 4 is 5.78 Å². The van der Waals surface area contributed by atoms with Gasteiger partial charge in [0.25, 0.3) is 0 Å². The van der Waals surface area contributed by atoms with Crippen LogP contribution in [0.4, 0.5) is 0 Å². The molecule has 0 amide bonds. The summed E-state index contributed by atoms with van der Waals surface area (Å²) < 4.78 is 6.01. The quantitative estimate of drug-likeness (QED) is 0.825. The average molecular weight is 282 g/mol. The maximum absolute atomic E-state index is 13.2. The first kappa shape index (κ1) is 12.3. The van der Waals surface area contributed by atoms with Gasteiger partial charge in [-0.2, -0.15) is 0 Å². The predicted molar refractivity (Wildman–Crippen MR) is 80.2 cm³/mol. The summed E-state index contributed by atoms with van der Waals surface area (Å²) in [5, 5.41) is 0. The van der Waals surface area contributed by atoms with Crippen LogP contribution in [0.5, 0.6) is 5.75 Å². The van der Waals surface area contributed by atoms with Gasteiger partial charge in [0.05, 0.1) is 0 Å². The van der Waals surface area contributed by atoms with Crippen LogP contribution in [-0.2, 0) is 11.2 Å². The highest BCUT2D eigenvalue weighted by Crippen LogP contribution is 2.61. The molecule has 1 unspecified atom stereocenters. The summed E-state index contributed by atoms with van der Waals surface area (Å²) >= 11 is 0. The van der Waals surface area contributed by atoms with Crippen molar-refractivity contribution in [3.63, 3.8) is 0 Å². The van der Waals surface area contributed by atoms with Crippen LogP contribution < -0.4 is 4.74 Å². The van der Waals surface area contributed by atoms with Crippen molar-refractivity contribution < 1.29 is 9.53 Å². The molecule has 0 N–H and O–H groups in total. The largest absolute Gasteiger partial charge is 0.482 e. The molecule has 0 spiro atoms. The van der Waals surface area contributed by atoms with Crippen molar-refractivity contribution in [2.24, 2.45) is 23.2 Å². The van der Waals surface area contributed by atoms with Crippen LogP contribution in [0, 0.1) is 23.2 Å². The van der Waals surface area contributed by atoms with Gasteiger partial charge in [-0.15, -0.1) is 0 Å². The van der Waals surface area contributed by atoms with Crippen molar-refractivity contribution in [2.75, 3.05) is 0 Å². The molecule has 110 valence electrons. The zero-order valence-corrected chi connectivity index (χ0v) is 12.4. The zero-order valence-electron chi connectivity index (χ0n) is 12.4. The molecule has 0 saturated heterocycles. The highest BCUT2D eigenvalue weighted by molar-refractivity contribution is 5.90. The number of hydrogen-bond donors (Lipinski definition) is 0. The lowest BCUT2D eigenvalue weighted by molar-refractivity contribution is -0.150. The normalized spacial score (nSPS) is 42.7. The van der Waals surface area contributed by atoms with Gasteiger partial charge < -0.3 is 4.74 Å². The Hall–Kier alpha value is -1.31. The molecule has 2 nitrogen and oxygen atoms in total. The highest BCUT2D eigenvalue weighted by Gasteiger charge is 2.56. The lowest BCUT2D eigenvalue weighted by atomic mass is 9.48. The molecule has 5 aliphatic rings. The van der Waals surface area contributed by atoms with Crippen molar-refractivity contribution in [2.45, 2.75) is 51.0 Å². The van der Waals surface area contributed by atoms with Crippen molar-refractivity contribution in [1.82, 2.24) is 0 Å². The van der Waals surface area contributed by atoms with Crippen molar-refractivity contribution in [3.8, 4) is 5.75 Å². The second-order valence-corrected chi connectivity index (χ2v) is 7.98. The van der Waals surface area contributed by atoms with E-state index in [0.29, 0.717) is 5.78 Å². The molecule has 4 fully saturated rings. The summed E-state index contributed by atoms with van der Waals surface area (Å²) in [6, 6.07) is 8.14. The average Bonchev–Trinajstić information content (AvgIpc) is 2.88. The lowest BCUT2D eigenvalue weighted by Gasteiger charge is -2.56. The summed E-state index contributed by atoms with van der Waals surface area (Å²) in [4.78, 5) is 13.2. The smallest absolute Gasteiger partial charge is 0.179 e. The molecular weight excluding hydrogens is 260 g/mol. The van der Waals surface area contributed by atoms with E-state index in [1.807, 2.05) is 18.2 Å². The molecule has 4 aliphatic carbocycles. The third-order valence-electron chi connectivity index (χ3n) is 6.50. The van der Waals surface area contributed by atoms with E-state index in [1.54, 1.807) is 0 Å². The molecule has 6 rings (SSSR count). The van der Waals surface area contributed by atoms with E-state index in [4.69, 9.17) is 4.74 Å². The van der Waals surface area contributed by atoms with Crippen LogP contribution in [0.1, 0.15) is 44.1 Å². The molecular formula is C19H22O2. The highest BCUT2D eigenvalue weighted by atomic mass is 16.5. The molecule has 1 aromatic rings.